The van der Waals surface area contributed by atoms with Crippen molar-refractivity contribution in [2.24, 2.45) is 0 Å². The van der Waals surface area contributed by atoms with Crippen molar-refractivity contribution >= 4 is 16.9 Å². The van der Waals surface area contributed by atoms with Crippen molar-refractivity contribution < 1.29 is 31.5 Å². The minimum atomic E-state index is -5.08. The summed E-state index contributed by atoms with van der Waals surface area (Å²) < 4.78 is 70.3. The van der Waals surface area contributed by atoms with Crippen LogP contribution in [0.15, 0.2) is 30.5 Å². The first-order valence-electron chi connectivity index (χ1n) is 8.94. The molecule has 3 heterocycles. The molecular formula is C19H15F5N4O2. The number of aromatic nitrogens is 2. The molecule has 0 fully saturated rings. The highest BCUT2D eigenvalue weighted by atomic mass is 19.4. The molecule has 0 aliphatic carbocycles. The number of rotatable bonds is 3. The Morgan fingerprint density at radius 1 is 1.27 bits per heavy atom. The normalized spacial score (nSPS) is 13.9. The van der Waals surface area contributed by atoms with E-state index in [0.717, 1.165) is 18.2 Å². The zero-order valence-corrected chi connectivity index (χ0v) is 15.3. The molecule has 2 aromatic heterocycles. The van der Waals surface area contributed by atoms with E-state index in [4.69, 9.17) is 0 Å². The maximum absolute atomic E-state index is 14.2. The Kier molecular flexibility index (Phi) is 5.06. The lowest BCUT2D eigenvalue weighted by molar-refractivity contribution is -0.275. The summed E-state index contributed by atoms with van der Waals surface area (Å²) in [5, 5.41) is 6.01. The number of ether oxygens (including phenoxy) is 1. The van der Waals surface area contributed by atoms with Gasteiger partial charge >= 0.3 is 12.4 Å². The molecule has 0 bridgehead atoms. The molecule has 0 radical (unpaired) electrons. The van der Waals surface area contributed by atoms with Gasteiger partial charge in [-0.1, -0.05) is 0 Å². The lowest BCUT2D eigenvalue weighted by atomic mass is 10.1. The molecule has 2 N–H and O–H groups in total. The monoisotopic (exact) mass is 426 g/mol. The summed E-state index contributed by atoms with van der Waals surface area (Å²) in [4.78, 5) is 16.3. The minimum absolute atomic E-state index is 0.0297. The first kappa shape index (κ1) is 20.1. The first-order chi connectivity index (χ1) is 14.2. The summed E-state index contributed by atoms with van der Waals surface area (Å²) in [5.74, 6) is -2.91. The number of pyridine rings is 1. The number of amides is 1. The number of nitrogens with one attached hydrogen (secondary N) is 2. The number of hydrogen-bond donors (Lipinski definition) is 2. The summed E-state index contributed by atoms with van der Waals surface area (Å²) >= 11 is 0. The van der Waals surface area contributed by atoms with E-state index >= 15 is 0 Å². The van der Waals surface area contributed by atoms with Gasteiger partial charge in [-0.15, -0.1) is 13.2 Å². The zero-order chi connectivity index (χ0) is 21.5. The van der Waals surface area contributed by atoms with E-state index in [1.54, 1.807) is 0 Å². The molecule has 4 rings (SSSR count). The topological polar surface area (TPSA) is 68.2 Å². The van der Waals surface area contributed by atoms with Gasteiger partial charge in [0, 0.05) is 49.4 Å². The molecule has 1 aromatic carbocycles. The molecular weight excluding hydrogens is 411 g/mol. The first-order valence-corrected chi connectivity index (χ1v) is 8.94. The van der Waals surface area contributed by atoms with Crippen molar-refractivity contribution in [3.63, 3.8) is 0 Å². The Bertz CT molecular complexity index is 1130. The van der Waals surface area contributed by atoms with Gasteiger partial charge < -0.3 is 15.4 Å². The van der Waals surface area contributed by atoms with E-state index in [0.29, 0.717) is 41.7 Å². The van der Waals surface area contributed by atoms with Gasteiger partial charge in [0.15, 0.2) is 11.6 Å². The standard InChI is InChI=1S/C19H15F5N4O2/c20-13-6-11-12-9-25-3-2-14(12)28(15(11)7-16(13)30-19(22,23)24)18(29)27-8-10-1-4-26-17(21)5-10/h1,4-7,25H,2-3,8-9H2,(H,27,29). The Labute approximate surface area is 166 Å². The predicted octanol–water partition coefficient (Wildman–Crippen LogP) is 3.62. The van der Waals surface area contributed by atoms with Gasteiger partial charge in [0.05, 0.1) is 5.52 Å². The van der Waals surface area contributed by atoms with Gasteiger partial charge in [-0.05, 0) is 29.3 Å². The highest BCUT2D eigenvalue weighted by molar-refractivity contribution is 5.96. The number of hydrogen-bond acceptors (Lipinski definition) is 4. The second-order valence-electron chi connectivity index (χ2n) is 6.68. The summed E-state index contributed by atoms with van der Waals surface area (Å²) in [6.07, 6.45) is -3.42. The van der Waals surface area contributed by atoms with E-state index in [9.17, 15) is 26.7 Å². The molecule has 0 saturated carbocycles. The average Bonchev–Trinajstić information content (AvgIpc) is 2.99. The lowest BCUT2D eigenvalue weighted by Crippen LogP contribution is -2.32. The maximum Gasteiger partial charge on any atom is 0.573 e. The third-order valence-electron chi connectivity index (χ3n) is 4.74. The second-order valence-corrected chi connectivity index (χ2v) is 6.68. The van der Waals surface area contributed by atoms with Crippen molar-refractivity contribution in [1.29, 1.82) is 0 Å². The summed E-state index contributed by atoms with van der Waals surface area (Å²) in [5.41, 5.74) is 1.72. The van der Waals surface area contributed by atoms with E-state index < -0.39 is 29.9 Å². The highest BCUT2D eigenvalue weighted by Crippen LogP contribution is 2.35. The van der Waals surface area contributed by atoms with Gasteiger partial charge in [-0.2, -0.15) is 4.39 Å². The minimum Gasteiger partial charge on any atom is -0.403 e. The van der Waals surface area contributed by atoms with Gasteiger partial charge in [0.25, 0.3) is 0 Å². The molecule has 11 heteroatoms. The van der Waals surface area contributed by atoms with E-state index in [2.05, 4.69) is 20.4 Å². The molecule has 0 atom stereocenters. The van der Waals surface area contributed by atoms with Crippen molar-refractivity contribution in [1.82, 2.24) is 20.2 Å². The predicted molar refractivity (Wildman–Crippen MR) is 95.8 cm³/mol. The summed E-state index contributed by atoms with van der Waals surface area (Å²) in [7, 11) is 0. The van der Waals surface area contributed by atoms with Gasteiger partial charge in [0.1, 0.15) is 0 Å². The molecule has 0 saturated heterocycles. The van der Waals surface area contributed by atoms with Crippen LogP contribution in [0.3, 0.4) is 0 Å². The van der Waals surface area contributed by atoms with Crippen molar-refractivity contribution in [3.05, 3.63) is 59.0 Å². The maximum atomic E-state index is 14.2. The van der Waals surface area contributed by atoms with E-state index in [1.807, 2.05) is 0 Å². The highest BCUT2D eigenvalue weighted by Gasteiger charge is 2.33. The third-order valence-corrected chi connectivity index (χ3v) is 4.74. The fourth-order valence-corrected chi connectivity index (χ4v) is 3.53. The Balaban J connectivity index is 1.75. The number of fused-ring (bicyclic) bond motifs is 3. The Morgan fingerprint density at radius 2 is 2.07 bits per heavy atom. The summed E-state index contributed by atoms with van der Waals surface area (Å²) in [6, 6.07) is 3.83. The largest absolute Gasteiger partial charge is 0.573 e. The van der Waals surface area contributed by atoms with Crippen LogP contribution in [0, 0.1) is 11.8 Å². The van der Waals surface area contributed by atoms with Crippen LogP contribution < -0.4 is 15.4 Å². The lowest BCUT2D eigenvalue weighted by Gasteiger charge is -2.16. The van der Waals surface area contributed by atoms with Crippen LogP contribution in [0.4, 0.5) is 26.7 Å². The van der Waals surface area contributed by atoms with Crippen LogP contribution in [-0.2, 0) is 19.5 Å². The van der Waals surface area contributed by atoms with Crippen molar-refractivity contribution in [2.45, 2.75) is 25.9 Å². The van der Waals surface area contributed by atoms with Gasteiger partial charge in [0.2, 0.25) is 5.95 Å². The number of alkyl halides is 3. The van der Waals surface area contributed by atoms with Crippen molar-refractivity contribution in [3.8, 4) is 5.75 Å². The molecule has 6 nitrogen and oxygen atoms in total. The molecule has 158 valence electrons. The number of carbonyl (C=O) groups is 1. The summed E-state index contributed by atoms with van der Waals surface area (Å²) in [6.45, 7) is 0.846. The molecule has 1 aliphatic rings. The molecule has 1 amide bonds. The molecule has 0 spiro atoms. The molecule has 0 unspecified atom stereocenters. The number of halogens is 5. The Morgan fingerprint density at radius 3 is 2.80 bits per heavy atom. The smallest absolute Gasteiger partial charge is 0.403 e. The van der Waals surface area contributed by atoms with Crippen LogP contribution >= 0.6 is 0 Å². The zero-order valence-electron chi connectivity index (χ0n) is 15.3. The fourth-order valence-electron chi connectivity index (χ4n) is 3.53. The Hall–Kier alpha value is -3.21. The fraction of sp³-hybridized carbons (Fsp3) is 0.263. The quantitative estimate of drug-likeness (QED) is 0.496. The van der Waals surface area contributed by atoms with Gasteiger partial charge in [-0.3, -0.25) is 4.57 Å². The van der Waals surface area contributed by atoms with E-state index in [-0.39, 0.29) is 12.1 Å². The van der Waals surface area contributed by atoms with Crippen LogP contribution in [0.25, 0.3) is 10.9 Å². The third kappa shape index (κ3) is 3.92. The SMILES string of the molecule is O=C(NCc1ccnc(F)c1)n1c2c(c3cc(F)c(OC(F)(F)F)cc31)CNCC2. The molecule has 30 heavy (non-hydrogen) atoms. The van der Waals surface area contributed by atoms with Crippen molar-refractivity contribution in [2.75, 3.05) is 6.54 Å². The van der Waals surface area contributed by atoms with Crippen LogP contribution in [-0.4, -0.2) is 28.5 Å². The van der Waals surface area contributed by atoms with E-state index in [1.165, 1.54) is 16.8 Å². The van der Waals surface area contributed by atoms with Crippen LogP contribution in [0.5, 0.6) is 5.75 Å². The number of carbonyl (C=O) groups excluding carboxylic acids is 1. The van der Waals surface area contributed by atoms with Crippen LogP contribution in [0.2, 0.25) is 0 Å². The molecule has 3 aromatic rings. The molecule has 1 aliphatic heterocycles. The average molecular weight is 426 g/mol. The number of nitrogens with zero attached hydrogens (tertiary/aromatic N) is 2. The second kappa shape index (κ2) is 7.56. The van der Waals surface area contributed by atoms with Gasteiger partial charge in [-0.25, -0.2) is 14.2 Å². The van der Waals surface area contributed by atoms with Crippen LogP contribution in [0.1, 0.15) is 16.8 Å². The number of benzene rings is 1.